The van der Waals surface area contributed by atoms with Crippen LogP contribution in [0.1, 0.15) is 0 Å². The number of nitrogens with zero attached hydrogens (tertiary/aromatic N) is 2. The van der Waals surface area contributed by atoms with Gasteiger partial charge in [0.1, 0.15) is 0 Å². The maximum Gasteiger partial charge on any atom is 0.0900 e. The first-order valence-corrected chi connectivity index (χ1v) is 5.50. The van der Waals surface area contributed by atoms with Crippen LogP contribution >= 0.6 is 24.8 Å². The highest BCUT2D eigenvalue weighted by Gasteiger charge is 2.16. The predicted molar refractivity (Wildman–Crippen MR) is 75.5 cm³/mol. The van der Waals surface area contributed by atoms with Gasteiger partial charge in [-0.3, -0.25) is 4.90 Å². The zero-order valence-electron chi connectivity index (χ0n) is 10.4. The summed E-state index contributed by atoms with van der Waals surface area (Å²) in [5.41, 5.74) is 0. The number of hydrogen-bond acceptors (Lipinski definition) is 4. The molecule has 1 heterocycles. The van der Waals surface area contributed by atoms with E-state index in [0.29, 0.717) is 19.8 Å². The molecule has 0 aromatic heterocycles. The zero-order chi connectivity index (χ0) is 11.1. The first kappa shape index (κ1) is 19.5. The molecule has 1 saturated heterocycles. The molecular weight excluding hydrogens is 263 g/mol. The van der Waals surface area contributed by atoms with Crippen molar-refractivity contribution >= 4 is 24.8 Å². The Morgan fingerprint density at radius 2 is 1.88 bits per heavy atom. The number of aliphatic hydroxyl groups excluding tert-OH is 1. The average molecular weight is 287 g/mol. The summed E-state index contributed by atoms with van der Waals surface area (Å²) in [6.45, 7) is 9.43. The van der Waals surface area contributed by atoms with Gasteiger partial charge in [-0.1, -0.05) is 6.08 Å². The molecule has 1 rings (SSSR count). The molecule has 1 unspecified atom stereocenters. The number of halogens is 2. The summed E-state index contributed by atoms with van der Waals surface area (Å²) >= 11 is 0. The van der Waals surface area contributed by atoms with Crippen LogP contribution in [0.3, 0.4) is 0 Å². The van der Waals surface area contributed by atoms with Gasteiger partial charge in [-0.25, -0.2) is 0 Å². The van der Waals surface area contributed by atoms with E-state index in [1.54, 1.807) is 6.08 Å². The Labute approximate surface area is 116 Å². The molecule has 0 aromatic rings. The van der Waals surface area contributed by atoms with Crippen molar-refractivity contribution in [1.82, 2.24) is 9.80 Å². The van der Waals surface area contributed by atoms with Crippen LogP contribution in [0.25, 0.3) is 0 Å². The van der Waals surface area contributed by atoms with Crippen LogP contribution in [-0.4, -0.2) is 74.0 Å². The van der Waals surface area contributed by atoms with Crippen molar-refractivity contribution < 1.29 is 9.84 Å². The summed E-state index contributed by atoms with van der Waals surface area (Å²) in [6, 6.07) is 0. The van der Waals surface area contributed by atoms with E-state index < -0.39 is 0 Å². The molecule has 0 bridgehead atoms. The monoisotopic (exact) mass is 286 g/mol. The summed E-state index contributed by atoms with van der Waals surface area (Å²) in [5.74, 6) is 0. The Kier molecular flexibility index (Phi) is 12.9. The van der Waals surface area contributed by atoms with E-state index in [1.165, 1.54) is 0 Å². The summed E-state index contributed by atoms with van der Waals surface area (Å²) in [7, 11) is 2.13. The lowest BCUT2D eigenvalue weighted by atomic mass is 10.3. The molecule has 0 radical (unpaired) electrons. The van der Waals surface area contributed by atoms with Crippen LogP contribution in [-0.2, 0) is 4.74 Å². The van der Waals surface area contributed by atoms with Crippen molar-refractivity contribution in [1.29, 1.82) is 0 Å². The molecule has 4 nitrogen and oxygen atoms in total. The van der Waals surface area contributed by atoms with E-state index in [9.17, 15) is 5.11 Å². The van der Waals surface area contributed by atoms with Crippen molar-refractivity contribution in [3.05, 3.63) is 12.7 Å². The predicted octanol–water partition coefficient (Wildman–Crippen LogP) is 0.641. The molecule has 1 N–H and O–H groups in total. The third-order valence-corrected chi connectivity index (χ3v) is 2.61. The Balaban J connectivity index is 0. The SMILES string of the molecule is C=CCOCC(O)CN1CCN(C)CC1.Cl.Cl. The van der Waals surface area contributed by atoms with Gasteiger partial charge in [0.05, 0.1) is 19.3 Å². The molecule has 104 valence electrons. The van der Waals surface area contributed by atoms with E-state index in [4.69, 9.17) is 4.74 Å². The summed E-state index contributed by atoms with van der Waals surface area (Å²) in [5, 5.41) is 9.68. The minimum atomic E-state index is -0.381. The molecule has 1 fully saturated rings. The summed E-state index contributed by atoms with van der Waals surface area (Å²) in [6.07, 6.45) is 1.32. The lowest BCUT2D eigenvalue weighted by Crippen LogP contribution is -2.47. The Morgan fingerprint density at radius 3 is 2.41 bits per heavy atom. The molecule has 6 heteroatoms. The normalized spacial score (nSPS) is 18.9. The Bertz CT molecular complexity index is 188. The largest absolute Gasteiger partial charge is 0.389 e. The van der Waals surface area contributed by atoms with E-state index in [2.05, 4.69) is 23.4 Å². The lowest BCUT2D eigenvalue weighted by molar-refractivity contribution is 0.0171. The van der Waals surface area contributed by atoms with Crippen LogP contribution in [0, 0.1) is 0 Å². The smallest absolute Gasteiger partial charge is 0.0900 e. The van der Waals surface area contributed by atoms with Gasteiger partial charge in [0.2, 0.25) is 0 Å². The molecule has 0 aromatic carbocycles. The van der Waals surface area contributed by atoms with Crippen molar-refractivity contribution in [3.63, 3.8) is 0 Å². The second kappa shape index (κ2) is 11.3. The van der Waals surface area contributed by atoms with Gasteiger partial charge in [-0.05, 0) is 7.05 Å². The fourth-order valence-electron chi connectivity index (χ4n) is 1.67. The quantitative estimate of drug-likeness (QED) is 0.574. The highest BCUT2D eigenvalue weighted by molar-refractivity contribution is 5.85. The van der Waals surface area contributed by atoms with Gasteiger partial charge in [0.25, 0.3) is 0 Å². The number of likely N-dealkylation sites (N-methyl/N-ethyl adjacent to an activating group) is 1. The average Bonchev–Trinajstić information content (AvgIpc) is 2.22. The third-order valence-electron chi connectivity index (χ3n) is 2.61. The van der Waals surface area contributed by atoms with Crippen molar-refractivity contribution in [2.75, 3.05) is 53.0 Å². The Morgan fingerprint density at radius 1 is 1.29 bits per heavy atom. The molecule has 17 heavy (non-hydrogen) atoms. The van der Waals surface area contributed by atoms with Crippen molar-refractivity contribution in [2.24, 2.45) is 0 Å². The first-order valence-electron chi connectivity index (χ1n) is 5.50. The number of aliphatic hydroxyl groups is 1. The van der Waals surface area contributed by atoms with E-state index in [0.717, 1.165) is 26.2 Å². The topological polar surface area (TPSA) is 35.9 Å². The van der Waals surface area contributed by atoms with Crippen LogP contribution in [0.15, 0.2) is 12.7 Å². The number of rotatable bonds is 6. The van der Waals surface area contributed by atoms with Crippen LogP contribution in [0.2, 0.25) is 0 Å². The summed E-state index contributed by atoms with van der Waals surface area (Å²) < 4.78 is 5.20. The van der Waals surface area contributed by atoms with E-state index in [-0.39, 0.29) is 30.9 Å². The highest BCUT2D eigenvalue weighted by atomic mass is 35.5. The van der Waals surface area contributed by atoms with E-state index in [1.807, 2.05) is 0 Å². The van der Waals surface area contributed by atoms with Crippen molar-refractivity contribution in [2.45, 2.75) is 6.10 Å². The standard InChI is InChI=1S/C11H22N2O2.2ClH/c1-3-8-15-10-11(14)9-13-6-4-12(2)5-7-13;;/h3,11,14H,1,4-10H2,2H3;2*1H. The molecule has 0 saturated carbocycles. The number of ether oxygens (including phenoxy) is 1. The summed E-state index contributed by atoms with van der Waals surface area (Å²) in [4.78, 5) is 4.58. The van der Waals surface area contributed by atoms with Crippen LogP contribution in [0.4, 0.5) is 0 Å². The van der Waals surface area contributed by atoms with E-state index >= 15 is 0 Å². The molecule has 1 atom stereocenters. The molecular formula is C11H24Cl2N2O2. The second-order valence-corrected chi connectivity index (χ2v) is 4.08. The third kappa shape index (κ3) is 8.83. The number of β-amino-alcohol motifs (C(OH)–C–C–N with tert-alkyl or cyclic N) is 1. The zero-order valence-corrected chi connectivity index (χ0v) is 12.0. The van der Waals surface area contributed by atoms with Gasteiger partial charge < -0.3 is 14.7 Å². The first-order chi connectivity index (χ1) is 7.22. The number of hydrogen-bond donors (Lipinski definition) is 1. The van der Waals surface area contributed by atoms with Crippen LogP contribution in [0.5, 0.6) is 0 Å². The highest BCUT2D eigenvalue weighted by Crippen LogP contribution is 2.00. The minimum Gasteiger partial charge on any atom is -0.389 e. The van der Waals surface area contributed by atoms with Crippen molar-refractivity contribution in [3.8, 4) is 0 Å². The van der Waals surface area contributed by atoms with Gasteiger partial charge >= 0.3 is 0 Å². The molecule has 0 spiro atoms. The lowest BCUT2D eigenvalue weighted by Gasteiger charge is -2.33. The maximum absolute atomic E-state index is 9.68. The van der Waals surface area contributed by atoms with Gasteiger partial charge in [-0.15, -0.1) is 31.4 Å². The second-order valence-electron chi connectivity index (χ2n) is 4.08. The molecule has 0 amide bonds. The Hall–Kier alpha value is 0.160. The minimum absolute atomic E-state index is 0. The fraction of sp³-hybridized carbons (Fsp3) is 0.818. The van der Waals surface area contributed by atoms with Crippen LogP contribution < -0.4 is 0 Å². The van der Waals surface area contributed by atoms with Gasteiger partial charge in [0, 0.05) is 32.7 Å². The molecule has 1 aliphatic heterocycles. The molecule has 1 aliphatic rings. The maximum atomic E-state index is 9.68. The van der Waals surface area contributed by atoms with Gasteiger partial charge in [0.15, 0.2) is 0 Å². The fourth-order valence-corrected chi connectivity index (χ4v) is 1.67. The number of piperazine rings is 1. The van der Waals surface area contributed by atoms with Gasteiger partial charge in [-0.2, -0.15) is 0 Å². The molecule has 0 aliphatic carbocycles.